The lowest BCUT2D eigenvalue weighted by Gasteiger charge is -2.17. The Labute approximate surface area is 152 Å². The summed E-state index contributed by atoms with van der Waals surface area (Å²) in [5.41, 5.74) is 8.99. The highest BCUT2D eigenvalue weighted by atomic mass is 32.2. The van der Waals surface area contributed by atoms with Crippen molar-refractivity contribution in [2.75, 3.05) is 5.73 Å². The lowest BCUT2D eigenvalue weighted by molar-refractivity contribution is 0.617. The largest absolute Gasteiger partial charge is 0.399 e. The number of aromatic nitrogens is 2. The molecular weight excluding hydrogens is 333 g/mol. The van der Waals surface area contributed by atoms with E-state index < -0.39 is 0 Å². The molecule has 0 amide bonds. The molecule has 0 bridgehead atoms. The Kier molecular flexibility index (Phi) is 6.12. The highest BCUT2D eigenvalue weighted by molar-refractivity contribution is 7.99. The highest BCUT2D eigenvalue weighted by Crippen LogP contribution is 2.24. The molecule has 5 heteroatoms. The number of nitrogen functional groups attached to an aromatic ring is 1. The molecule has 1 heterocycles. The summed E-state index contributed by atoms with van der Waals surface area (Å²) in [7, 11) is 0. The van der Waals surface area contributed by atoms with Crippen LogP contribution in [0.4, 0.5) is 10.1 Å². The number of nitrogens with two attached hydrogens (primary N) is 1. The molecule has 0 aliphatic carbocycles. The van der Waals surface area contributed by atoms with Crippen LogP contribution < -0.4 is 5.73 Å². The Hall–Kier alpha value is -2.27. The SMILES string of the molecule is Nc1ccc(CSC(CCc2ccc(F)cc2)Cn2ccnc2)cc1. The minimum absolute atomic E-state index is 0.184. The number of anilines is 1. The number of halogens is 1. The Bertz CT molecular complexity index is 705. The number of aryl methyl sites for hydroxylation is 1. The second-order valence-corrected chi connectivity index (χ2v) is 7.39. The van der Waals surface area contributed by atoms with Gasteiger partial charge in [-0.3, -0.25) is 0 Å². The molecule has 1 unspecified atom stereocenters. The van der Waals surface area contributed by atoms with E-state index in [1.807, 2.05) is 54.7 Å². The highest BCUT2D eigenvalue weighted by Gasteiger charge is 2.11. The summed E-state index contributed by atoms with van der Waals surface area (Å²) in [5.74, 6) is 0.764. The molecule has 3 aromatic rings. The lowest BCUT2D eigenvalue weighted by atomic mass is 10.1. The van der Waals surface area contributed by atoms with Crippen molar-refractivity contribution in [1.29, 1.82) is 0 Å². The number of thioether (sulfide) groups is 1. The van der Waals surface area contributed by atoms with Crippen molar-refractivity contribution in [3.63, 3.8) is 0 Å². The third-order valence-corrected chi connectivity index (χ3v) is 5.46. The topological polar surface area (TPSA) is 43.8 Å². The fourth-order valence-electron chi connectivity index (χ4n) is 2.66. The molecule has 0 saturated carbocycles. The average Bonchev–Trinajstić information content (AvgIpc) is 3.13. The van der Waals surface area contributed by atoms with Gasteiger partial charge in [0.25, 0.3) is 0 Å². The van der Waals surface area contributed by atoms with E-state index in [4.69, 9.17) is 5.73 Å². The molecule has 1 atom stereocenters. The predicted molar refractivity (Wildman–Crippen MR) is 103 cm³/mol. The van der Waals surface area contributed by atoms with Crippen LogP contribution in [0.15, 0.2) is 67.3 Å². The predicted octanol–water partition coefficient (Wildman–Crippen LogP) is 4.54. The van der Waals surface area contributed by atoms with Crippen LogP contribution in [0.5, 0.6) is 0 Å². The summed E-state index contributed by atoms with van der Waals surface area (Å²) in [6, 6.07) is 14.8. The Morgan fingerprint density at radius 3 is 2.44 bits per heavy atom. The first-order chi connectivity index (χ1) is 12.2. The van der Waals surface area contributed by atoms with Gasteiger partial charge in [-0.15, -0.1) is 0 Å². The molecule has 0 radical (unpaired) electrons. The van der Waals surface area contributed by atoms with E-state index in [0.717, 1.165) is 30.8 Å². The smallest absolute Gasteiger partial charge is 0.123 e. The van der Waals surface area contributed by atoms with Crippen LogP contribution in [-0.2, 0) is 18.7 Å². The van der Waals surface area contributed by atoms with Crippen molar-refractivity contribution in [3.05, 3.63) is 84.2 Å². The van der Waals surface area contributed by atoms with Gasteiger partial charge in [-0.2, -0.15) is 11.8 Å². The van der Waals surface area contributed by atoms with Crippen molar-refractivity contribution in [2.45, 2.75) is 30.4 Å². The van der Waals surface area contributed by atoms with E-state index in [1.165, 1.54) is 23.3 Å². The zero-order valence-corrected chi connectivity index (χ0v) is 14.8. The van der Waals surface area contributed by atoms with Crippen molar-refractivity contribution >= 4 is 17.4 Å². The number of imidazole rings is 1. The summed E-state index contributed by atoms with van der Waals surface area (Å²) in [6.45, 7) is 0.917. The van der Waals surface area contributed by atoms with Crippen LogP contribution in [0.25, 0.3) is 0 Å². The van der Waals surface area contributed by atoms with Crippen molar-refractivity contribution in [3.8, 4) is 0 Å². The van der Waals surface area contributed by atoms with Crippen LogP contribution in [-0.4, -0.2) is 14.8 Å². The first-order valence-electron chi connectivity index (χ1n) is 8.35. The standard InChI is InChI=1S/C20H22FN3S/c21-18-6-1-16(2-7-18)5-10-20(13-24-12-11-23-15-24)25-14-17-3-8-19(22)9-4-17/h1-4,6-9,11-12,15,20H,5,10,13-14,22H2. The second-order valence-electron chi connectivity index (χ2n) is 6.10. The maximum Gasteiger partial charge on any atom is 0.123 e. The Balaban J connectivity index is 1.59. The molecule has 0 fully saturated rings. The van der Waals surface area contributed by atoms with Gasteiger partial charge in [0.2, 0.25) is 0 Å². The van der Waals surface area contributed by atoms with Gasteiger partial charge in [-0.1, -0.05) is 24.3 Å². The molecular formula is C20H22FN3S. The number of benzene rings is 2. The Morgan fingerprint density at radius 1 is 1.04 bits per heavy atom. The van der Waals surface area contributed by atoms with Gasteiger partial charge in [0.15, 0.2) is 0 Å². The van der Waals surface area contributed by atoms with E-state index in [0.29, 0.717) is 5.25 Å². The summed E-state index contributed by atoms with van der Waals surface area (Å²) in [4.78, 5) is 4.13. The molecule has 3 rings (SSSR count). The van der Waals surface area contributed by atoms with Crippen LogP contribution in [0.2, 0.25) is 0 Å². The van der Waals surface area contributed by atoms with E-state index in [1.54, 1.807) is 0 Å². The summed E-state index contributed by atoms with van der Waals surface area (Å²) in [5, 5.41) is 0.455. The molecule has 0 spiro atoms. The molecule has 2 aromatic carbocycles. The molecule has 1 aromatic heterocycles. The van der Waals surface area contributed by atoms with Crippen LogP contribution in [0, 0.1) is 5.82 Å². The zero-order valence-electron chi connectivity index (χ0n) is 14.0. The maximum atomic E-state index is 13.1. The fourth-order valence-corrected chi connectivity index (χ4v) is 3.85. The molecule has 0 aliphatic heterocycles. The van der Waals surface area contributed by atoms with Gasteiger partial charge in [0, 0.05) is 35.6 Å². The molecule has 0 saturated heterocycles. The molecule has 0 aliphatic rings. The fraction of sp³-hybridized carbons (Fsp3) is 0.250. The van der Waals surface area contributed by atoms with Gasteiger partial charge in [-0.25, -0.2) is 9.37 Å². The monoisotopic (exact) mass is 355 g/mol. The van der Waals surface area contributed by atoms with Crippen molar-refractivity contribution in [2.24, 2.45) is 0 Å². The molecule has 3 nitrogen and oxygen atoms in total. The summed E-state index contributed by atoms with van der Waals surface area (Å²) < 4.78 is 15.2. The summed E-state index contributed by atoms with van der Waals surface area (Å²) >= 11 is 1.94. The van der Waals surface area contributed by atoms with Crippen LogP contribution >= 0.6 is 11.8 Å². The third kappa shape index (κ3) is 5.64. The normalized spacial score (nSPS) is 12.2. The van der Waals surface area contributed by atoms with Gasteiger partial charge in [-0.05, 0) is 48.2 Å². The van der Waals surface area contributed by atoms with Gasteiger partial charge in [0.05, 0.1) is 6.33 Å². The second kappa shape index (κ2) is 8.72. The zero-order chi connectivity index (χ0) is 17.5. The molecule has 25 heavy (non-hydrogen) atoms. The first-order valence-corrected chi connectivity index (χ1v) is 9.40. The van der Waals surface area contributed by atoms with E-state index in [2.05, 4.69) is 21.7 Å². The number of rotatable bonds is 8. The van der Waals surface area contributed by atoms with E-state index in [9.17, 15) is 4.39 Å². The van der Waals surface area contributed by atoms with E-state index >= 15 is 0 Å². The molecule has 2 N–H and O–H groups in total. The Morgan fingerprint density at radius 2 is 1.76 bits per heavy atom. The maximum absolute atomic E-state index is 13.1. The third-order valence-electron chi connectivity index (χ3n) is 4.11. The van der Waals surface area contributed by atoms with Gasteiger partial charge in [0.1, 0.15) is 5.82 Å². The first kappa shape index (κ1) is 17.5. The lowest BCUT2D eigenvalue weighted by Crippen LogP contribution is -2.13. The number of nitrogens with zero attached hydrogens (tertiary/aromatic N) is 2. The summed E-state index contributed by atoms with van der Waals surface area (Å²) in [6.07, 6.45) is 7.63. The van der Waals surface area contributed by atoms with Crippen LogP contribution in [0.3, 0.4) is 0 Å². The average molecular weight is 355 g/mol. The van der Waals surface area contributed by atoms with E-state index in [-0.39, 0.29) is 5.82 Å². The van der Waals surface area contributed by atoms with Crippen molar-refractivity contribution in [1.82, 2.24) is 9.55 Å². The quantitative estimate of drug-likeness (QED) is 0.603. The van der Waals surface area contributed by atoms with Gasteiger partial charge >= 0.3 is 0 Å². The molecule has 130 valence electrons. The minimum Gasteiger partial charge on any atom is -0.399 e. The number of hydrogen-bond donors (Lipinski definition) is 1. The van der Waals surface area contributed by atoms with Crippen molar-refractivity contribution < 1.29 is 4.39 Å². The van der Waals surface area contributed by atoms with Gasteiger partial charge < -0.3 is 10.3 Å². The number of hydrogen-bond acceptors (Lipinski definition) is 3. The minimum atomic E-state index is -0.184. The van der Waals surface area contributed by atoms with Crippen LogP contribution in [0.1, 0.15) is 17.5 Å².